The first kappa shape index (κ1) is 12.6. The highest BCUT2D eigenvalue weighted by atomic mass is 32.1. The molecule has 0 bridgehead atoms. The van der Waals surface area contributed by atoms with Crippen molar-refractivity contribution < 1.29 is 13.2 Å². The van der Waals surface area contributed by atoms with Gasteiger partial charge in [-0.1, -0.05) is 13.0 Å². The molecule has 0 aromatic rings. The summed E-state index contributed by atoms with van der Waals surface area (Å²) in [6.45, 7) is 1.67. The van der Waals surface area contributed by atoms with Gasteiger partial charge in [0.1, 0.15) is 0 Å². The van der Waals surface area contributed by atoms with Crippen molar-refractivity contribution in [3.63, 3.8) is 0 Å². The zero-order valence-corrected chi connectivity index (χ0v) is 9.06. The van der Waals surface area contributed by atoms with E-state index in [9.17, 15) is 13.2 Å². The van der Waals surface area contributed by atoms with Crippen molar-refractivity contribution in [1.82, 2.24) is 0 Å². The van der Waals surface area contributed by atoms with Gasteiger partial charge in [0.05, 0.1) is 28.4 Å². The first-order valence-corrected chi connectivity index (χ1v) is 4.79. The van der Waals surface area contributed by atoms with Crippen molar-refractivity contribution in [3.8, 4) is 6.07 Å². The number of hydrogen-bond donors (Lipinski definition) is 0. The fourth-order valence-corrected chi connectivity index (χ4v) is 1.55. The Balaban J connectivity index is 3.21. The van der Waals surface area contributed by atoms with Gasteiger partial charge in [0.25, 0.3) is 0 Å². The fraction of sp³-hybridized carbons (Fsp3) is 0.400. The van der Waals surface area contributed by atoms with E-state index in [1.165, 1.54) is 12.1 Å². The van der Waals surface area contributed by atoms with Gasteiger partial charge in [0.15, 0.2) is 0 Å². The van der Waals surface area contributed by atoms with Crippen LogP contribution in [0.25, 0.3) is 0 Å². The third-order valence-corrected chi connectivity index (χ3v) is 2.33. The lowest BCUT2D eigenvalue weighted by molar-refractivity contribution is -0.0896. The Kier molecular flexibility index (Phi) is 3.63. The second kappa shape index (κ2) is 4.60. The van der Waals surface area contributed by atoms with Crippen molar-refractivity contribution >= 4 is 17.4 Å². The molecule has 0 saturated heterocycles. The lowest BCUT2D eigenvalue weighted by Gasteiger charge is -2.22. The predicted octanol–water partition coefficient (Wildman–Crippen LogP) is 3.05. The summed E-state index contributed by atoms with van der Waals surface area (Å²) in [5.41, 5.74) is -1.32. The number of isothiocyanates is 1. The first-order valence-electron chi connectivity index (χ1n) is 4.38. The summed E-state index contributed by atoms with van der Waals surface area (Å²) in [6, 6.07) is 0.836. The third kappa shape index (κ3) is 2.57. The van der Waals surface area contributed by atoms with E-state index in [1.54, 1.807) is 6.92 Å². The van der Waals surface area contributed by atoms with Crippen LogP contribution >= 0.6 is 12.2 Å². The zero-order valence-electron chi connectivity index (χ0n) is 8.25. The second-order valence-corrected chi connectivity index (χ2v) is 3.52. The molecular weight excluding hydrogens is 237 g/mol. The largest absolute Gasteiger partial charge is 0.417 e. The van der Waals surface area contributed by atoms with Crippen molar-refractivity contribution in [2.45, 2.75) is 19.1 Å². The summed E-state index contributed by atoms with van der Waals surface area (Å²) >= 11 is 4.36. The van der Waals surface area contributed by atoms with Crippen LogP contribution in [0.1, 0.15) is 6.92 Å². The summed E-state index contributed by atoms with van der Waals surface area (Å²) < 4.78 is 37.7. The van der Waals surface area contributed by atoms with Crippen molar-refractivity contribution in [1.29, 1.82) is 5.26 Å². The minimum absolute atomic E-state index is 0.295. The lowest BCUT2D eigenvalue weighted by Crippen LogP contribution is -2.23. The first-order chi connectivity index (χ1) is 7.40. The Bertz CT molecular complexity index is 436. The predicted molar refractivity (Wildman–Crippen MR) is 55.8 cm³/mol. The highest BCUT2D eigenvalue weighted by molar-refractivity contribution is 7.78. The molecule has 1 aliphatic carbocycles. The maximum atomic E-state index is 12.6. The maximum absolute atomic E-state index is 12.6. The number of allylic oxidation sites excluding steroid dienone is 2. The molecule has 0 aromatic heterocycles. The summed E-state index contributed by atoms with van der Waals surface area (Å²) in [4.78, 5) is 3.63. The number of alkyl halides is 3. The Morgan fingerprint density at radius 2 is 2.06 bits per heavy atom. The van der Waals surface area contributed by atoms with Crippen LogP contribution in [-0.4, -0.2) is 17.4 Å². The summed E-state index contributed by atoms with van der Waals surface area (Å²) in [5, 5.41) is 10.7. The quantitative estimate of drug-likeness (QED) is 0.525. The second-order valence-electron chi connectivity index (χ2n) is 3.34. The fourth-order valence-electron chi connectivity index (χ4n) is 1.42. The van der Waals surface area contributed by atoms with Crippen molar-refractivity contribution in [2.75, 3.05) is 0 Å². The standard InChI is InChI=1S/C10H7F3N2S/c1-6-2-7(4-14)8(10(11,12)13)3-9(6)15-5-16/h2-3,6,9H,1H3. The number of rotatable bonds is 1. The Hall–Kier alpha value is -1.44. The minimum Gasteiger partial charge on any atom is -0.224 e. The highest BCUT2D eigenvalue weighted by Crippen LogP contribution is 2.36. The Labute approximate surface area is 95.8 Å². The van der Waals surface area contributed by atoms with E-state index in [0.29, 0.717) is 0 Å². The molecule has 0 spiro atoms. The van der Waals surface area contributed by atoms with Gasteiger partial charge in [-0.2, -0.15) is 18.4 Å². The number of aliphatic imine (C=N–C) groups is 1. The molecule has 0 aliphatic heterocycles. The minimum atomic E-state index is -4.54. The van der Waals surface area contributed by atoms with Crippen LogP contribution in [0.15, 0.2) is 28.3 Å². The van der Waals surface area contributed by atoms with Gasteiger partial charge in [-0.3, -0.25) is 0 Å². The van der Waals surface area contributed by atoms with E-state index < -0.39 is 17.8 Å². The summed E-state index contributed by atoms with van der Waals surface area (Å²) in [5.74, 6) is -0.295. The van der Waals surface area contributed by atoms with E-state index in [1.807, 2.05) is 0 Å². The van der Waals surface area contributed by atoms with E-state index in [-0.39, 0.29) is 11.5 Å². The molecule has 0 heterocycles. The molecule has 16 heavy (non-hydrogen) atoms. The molecular formula is C10H7F3N2S. The van der Waals surface area contributed by atoms with Gasteiger partial charge in [-0.25, -0.2) is 4.99 Å². The van der Waals surface area contributed by atoms with Gasteiger partial charge in [-0.15, -0.1) is 0 Å². The number of nitrogens with zero attached hydrogens (tertiary/aromatic N) is 2. The maximum Gasteiger partial charge on any atom is 0.417 e. The van der Waals surface area contributed by atoms with Crippen LogP contribution in [0.3, 0.4) is 0 Å². The van der Waals surface area contributed by atoms with Crippen molar-refractivity contribution in [3.05, 3.63) is 23.3 Å². The van der Waals surface area contributed by atoms with E-state index in [4.69, 9.17) is 5.26 Å². The van der Waals surface area contributed by atoms with Crippen LogP contribution in [0.4, 0.5) is 13.2 Å². The van der Waals surface area contributed by atoms with Crippen LogP contribution in [-0.2, 0) is 0 Å². The number of hydrogen-bond acceptors (Lipinski definition) is 3. The smallest absolute Gasteiger partial charge is 0.224 e. The van der Waals surface area contributed by atoms with Gasteiger partial charge >= 0.3 is 6.18 Å². The van der Waals surface area contributed by atoms with Gasteiger partial charge in [0, 0.05) is 5.92 Å². The molecule has 2 unspecified atom stereocenters. The van der Waals surface area contributed by atoms with Crippen LogP contribution < -0.4 is 0 Å². The molecule has 2 nitrogen and oxygen atoms in total. The molecule has 2 atom stereocenters. The molecule has 0 amide bonds. The van der Waals surface area contributed by atoms with E-state index >= 15 is 0 Å². The van der Waals surface area contributed by atoms with Crippen LogP contribution in [0.2, 0.25) is 0 Å². The van der Waals surface area contributed by atoms with Gasteiger partial charge < -0.3 is 0 Å². The van der Waals surface area contributed by atoms with Crippen LogP contribution in [0.5, 0.6) is 0 Å². The van der Waals surface area contributed by atoms with Crippen LogP contribution in [0, 0.1) is 17.2 Å². The number of nitriles is 1. The number of halogens is 3. The molecule has 0 radical (unpaired) electrons. The molecule has 84 valence electrons. The van der Waals surface area contributed by atoms with Crippen molar-refractivity contribution in [2.24, 2.45) is 10.9 Å². The molecule has 1 aliphatic rings. The summed E-state index contributed by atoms with van der Waals surface area (Å²) in [7, 11) is 0. The average molecular weight is 244 g/mol. The molecule has 0 aromatic carbocycles. The third-order valence-electron chi connectivity index (χ3n) is 2.22. The normalized spacial score (nSPS) is 24.9. The molecule has 0 fully saturated rings. The Morgan fingerprint density at radius 3 is 2.50 bits per heavy atom. The van der Waals surface area contributed by atoms with E-state index in [2.05, 4.69) is 22.4 Å². The lowest BCUT2D eigenvalue weighted by atomic mass is 9.88. The molecule has 0 saturated carbocycles. The van der Waals surface area contributed by atoms with Gasteiger partial charge in [-0.05, 0) is 18.3 Å². The monoisotopic (exact) mass is 244 g/mol. The van der Waals surface area contributed by atoms with Gasteiger partial charge in [0.2, 0.25) is 0 Å². The number of thiocarbonyl (C=S) groups is 1. The molecule has 6 heteroatoms. The summed E-state index contributed by atoms with van der Waals surface area (Å²) in [6.07, 6.45) is -2.37. The molecule has 0 N–H and O–H groups in total. The topological polar surface area (TPSA) is 36.1 Å². The highest BCUT2D eigenvalue weighted by Gasteiger charge is 2.39. The van der Waals surface area contributed by atoms with E-state index in [0.717, 1.165) is 6.08 Å². The SMILES string of the molecule is CC1C=C(C#N)C(C(F)(F)F)=CC1N=C=S. The Morgan fingerprint density at radius 1 is 1.44 bits per heavy atom. The average Bonchev–Trinajstić information content (AvgIpc) is 2.19. The zero-order chi connectivity index (χ0) is 12.3. The molecule has 1 rings (SSSR count).